The zero-order valence-electron chi connectivity index (χ0n) is 20.5. The average molecular weight is 484 g/mol. The Bertz CT molecular complexity index is 2190. The molecule has 176 valence electrons. The topological polar surface area (TPSA) is 38.7 Å². The second-order valence-electron chi connectivity index (χ2n) is 9.72. The van der Waals surface area contributed by atoms with E-state index in [1.165, 1.54) is 10.8 Å². The number of benzene rings is 5. The molecule has 0 aliphatic heterocycles. The summed E-state index contributed by atoms with van der Waals surface area (Å²) in [4.78, 5) is 15.2. The molecule has 8 rings (SSSR count). The third kappa shape index (κ3) is 3.33. The Kier molecular flexibility index (Phi) is 4.52. The molecule has 0 spiro atoms. The second kappa shape index (κ2) is 8.19. The van der Waals surface area contributed by atoms with Gasteiger partial charge < -0.3 is 0 Å². The molecule has 0 fully saturated rings. The zero-order chi connectivity index (χ0) is 25.1. The van der Waals surface area contributed by atoms with Crippen molar-refractivity contribution < 1.29 is 0 Å². The summed E-state index contributed by atoms with van der Waals surface area (Å²) < 4.78 is 0. The van der Waals surface area contributed by atoms with Crippen LogP contribution in [-0.2, 0) is 0 Å². The van der Waals surface area contributed by atoms with Gasteiger partial charge in [0.15, 0.2) is 0 Å². The Morgan fingerprint density at radius 1 is 0.368 bits per heavy atom. The summed E-state index contributed by atoms with van der Waals surface area (Å²) >= 11 is 0. The molecule has 0 saturated heterocycles. The molecule has 0 aliphatic carbocycles. The van der Waals surface area contributed by atoms with Gasteiger partial charge in [-0.25, -0.2) is 15.0 Å². The van der Waals surface area contributed by atoms with E-state index in [2.05, 4.69) is 121 Å². The third-order valence-corrected chi connectivity index (χ3v) is 7.40. The molecule has 0 bridgehead atoms. The highest BCUT2D eigenvalue weighted by atomic mass is 14.8. The van der Waals surface area contributed by atoms with Crippen LogP contribution in [0.5, 0.6) is 0 Å². The minimum atomic E-state index is 0.916. The highest BCUT2D eigenvalue weighted by Crippen LogP contribution is 2.32. The summed E-state index contributed by atoms with van der Waals surface area (Å²) in [5.74, 6) is 0. The van der Waals surface area contributed by atoms with E-state index in [0.29, 0.717) is 0 Å². The standard InChI is InChI=1S/C35H21N3/c1-3-9-28-22(6-1)8-5-10-29(28)33-19-15-24-13-12-23-14-17-31(37-34(23)35(24)38-33)26-16-18-32-27(21-26)20-25-7-2-4-11-30(25)36-32/h1-21H. The lowest BCUT2D eigenvalue weighted by molar-refractivity contribution is 1.37. The second-order valence-corrected chi connectivity index (χ2v) is 9.72. The first-order valence-corrected chi connectivity index (χ1v) is 12.8. The van der Waals surface area contributed by atoms with Gasteiger partial charge in [0.25, 0.3) is 0 Å². The maximum atomic E-state index is 5.17. The maximum absolute atomic E-state index is 5.17. The molecular formula is C35H21N3. The van der Waals surface area contributed by atoms with Crippen molar-refractivity contribution in [3.8, 4) is 22.5 Å². The molecule has 38 heavy (non-hydrogen) atoms. The SMILES string of the molecule is c1ccc2nc3ccc(-c4ccc5ccc6ccc(-c7cccc8ccccc78)nc6c5n4)cc3cc2c1. The summed E-state index contributed by atoms with van der Waals surface area (Å²) in [6.45, 7) is 0. The van der Waals surface area contributed by atoms with Gasteiger partial charge in [-0.3, -0.25) is 0 Å². The summed E-state index contributed by atoms with van der Waals surface area (Å²) in [6.07, 6.45) is 0. The Morgan fingerprint density at radius 2 is 1.03 bits per heavy atom. The van der Waals surface area contributed by atoms with Gasteiger partial charge in [-0.15, -0.1) is 0 Å². The van der Waals surface area contributed by atoms with Gasteiger partial charge in [0, 0.05) is 32.7 Å². The van der Waals surface area contributed by atoms with Gasteiger partial charge in [-0.1, -0.05) is 91.0 Å². The van der Waals surface area contributed by atoms with Gasteiger partial charge in [-0.05, 0) is 47.2 Å². The predicted octanol–water partition coefficient (Wildman–Crippen LogP) is 8.97. The number of pyridine rings is 3. The monoisotopic (exact) mass is 483 g/mol. The molecule has 0 N–H and O–H groups in total. The van der Waals surface area contributed by atoms with E-state index >= 15 is 0 Å². The van der Waals surface area contributed by atoms with E-state index in [4.69, 9.17) is 15.0 Å². The summed E-state index contributed by atoms with van der Waals surface area (Å²) in [7, 11) is 0. The molecule has 3 heterocycles. The lowest BCUT2D eigenvalue weighted by Gasteiger charge is -2.10. The molecule has 0 saturated carbocycles. The summed E-state index contributed by atoms with van der Waals surface area (Å²) in [6, 6.07) is 44.4. The first-order chi connectivity index (χ1) is 18.8. The normalized spacial score (nSPS) is 11.7. The van der Waals surface area contributed by atoms with Crippen LogP contribution in [0.2, 0.25) is 0 Å². The highest BCUT2D eigenvalue weighted by molar-refractivity contribution is 6.05. The van der Waals surface area contributed by atoms with Crippen LogP contribution in [0.25, 0.3) is 76.9 Å². The number of hydrogen-bond acceptors (Lipinski definition) is 3. The van der Waals surface area contributed by atoms with E-state index in [0.717, 1.165) is 66.1 Å². The number of fused-ring (bicyclic) bond motifs is 6. The predicted molar refractivity (Wildman–Crippen MR) is 158 cm³/mol. The molecule has 3 nitrogen and oxygen atoms in total. The molecule has 0 unspecified atom stereocenters. The Balaban J connectivity index is 1.31. The van der Waals surface area contributed by atoms with Gasteiger partial charge in [0.05, 0.1) is 33.5 Å². The number of aromatic nitrogens is 3. The van der Waals surface area contributed by atoms with Crippen LogP contribution in [0.3, 0.4) is 0 Å². The van der Waals surface area contributed by atoms with Crippen molar-refractivity contribution in [2.45, 2.75) is 0 Å². The fourth-order valence-electron chi connectivity index (χ4n) is 5.47. The van der Waals surface area contributed by atoms with Crippen LogP contribution in [0.15, 0.2) is 127 Å². The van der Waals surface area contributed by atoms with E-state index in [1.807, 2.05) is 6.07 Å². The lowest BCUT2D eigenvalue weighted by atomic mass is 10.0. The quantitative estimate of drug-likeness (QED) is 0.182. The molecule has 5 aromatic carbocycles. The molecule has 3 aromatic heterocycles. The Morgan fingerprint density at radius 3 is 1.89 bits per heavy atom. The largest absolute Gasteiger partial charge is 0.248 e. The molecule has 0 radical (unpaired) electrons. The van der Waals surface area contributed by atoms with Gasteiger partial charge in [-0.2, -0.15) is 0 Å². The first kappa shape index (κ1) is 21.0. The molecular weight excluding hydrogens is 462 g/mol. The Labute approximate surface area is 219 Å². The summed E-state index contributed by atoms with van der Waals surface area (Å²) in [5.41, 5.74) is 7.92. The van der Waals surface area contributed by atoms with E-state index in [1.54, 1.807) is 0 Å². The molecule has 0 atom stereocenters. The number of nitrogens with zero attached hydrogens (tertiary/aromatic N) is 3. The van der Waals surface area contributed by atoms with Crippen molar-refractivity contribution in [1.82, 2.24) is 15.0 Å². The fraction of sp³-hybridized carbons (Fsp3) is 0. The third-order valence-electron chi connectivity index (χ3n) is 7.40. The van der Waals surface area contributed by atoms with Gasteiger partial charge in [0.1, 0.15) is 0 Å². The van der Waals surface area contributed by atoms with Crippen LogP contribution < -0.4 is 0 Å². The van der Waals surface area contributed by atoms with Gasteiger partial charge >= 0.3 is 0 Å². The van der Waals surface area contributed by atoms with E-state index < -0.39 is 0 Å². The van der Waals surface area contributed by atoms with Gasteiger partial charge in [0.2, 0.25) is 0 Å². The van der Waals surface area contributed by atoms with Crippen LogP contribution in [0, 0.1) is 0 Å². The number of rotatable bonds is 2. The molecule has 0 aliphatic rings. The van der Waals surface area contributed by atoms with Crippen molar-refractivity contribution >= 4 is 54.4 Å². The number of hydrogen-bond donors (Lipinski definition) is 0. The first-order valence-electron chi connectivity index (χ1n) is 12.8. The van der Waals surface area contributed by atoms with Crippen LogP contribution in [-0.4, -0.2) is 15.0 Å². The van der Waals surface area contributed by atoms with Crippen molar-refractivity contribution in [2.75, 3.05) is 0 Å². The van der Waals surface area contributed by atoms with E-state index in [9.17, 15) is 0 Å². The summed E-state index contributed by atoms with van der Waals surface area (Å²) in [5, 5.41) is 6.83. The smallest absolute Gasteiger partial charge is 0.0972 e. The molecule has 3 heteroatoms. The average Bonchev–Trinajstić information content (AvgIpc) is 2.99. The van der Waals surface area contributed by atoms with Crippen LogP contribution in [0.1, 0.15) is 0 Å². The lowest BCUT2D eigenvalue weighted by Crippen LogP contribution is -1.92. The minimum absolute atomic E-state index is 0.916. The fourth-order valence-corrected chi connectivity index (χ4v) is 5.47. The Hall–Kier alpha value is -5.15. The van der Waals surface area contributed by atoms with Crippen molar-refractivity contribution in [3.63, 3.8) is 0 Å². The highest BCUT2D eigenvalue weighted by Gasteiger charge is 2.11. The van der Waals surface area contributed by atoms with Crippen molar-refractivity contribution in [2.24, 2.45) is 0 Å². The van der Waals surface area contributed by atoms with Crippen molar-refractivity contribution in [1.29, 1.82) is 0 Å². The molecule has 0 amide bonds. The zero-order valence-corrected chi connectivity index (χ0v) is 20.5. The molecule has 8 aromatic rings. The van der Waals surface area contributed by atoms with Crippen LogP contribution in [0.4, 0.5) is 0 Å². The maximum Gasteiger partial charge on any atom is 0.0972 e. The van der Waals surface area contributed by atoms with E-state index in [-0.39, 0.29) is 0 Å². The van der Waals surface area contributed by atoms with Crippen LogP contribution >= 0.6 is 0 Å². The number of para-hydroxylation sites is 1. The minimum Gasteiger partial charge on any atom is -0.248 e. The van der Waals surface area contributed by atoms with Crippen molar-refractivity contribution in [3.05, 3.63) is 127 Å².